The number of nitrogens with zero attached hydrogens (tertiary/aromatic N) is 2. The second kappa shape index (κ2) is 8.03. The predicted octanol–water partition coefficient (Wildman–Crippen LogP) is 3.41. The van der Waals surface area contributed by atoms with Crippen molar-refractivity contribution in [3.8, 4) is 0 Å². The molecule has 0 saturated carbocycles. The normalized spacial score (nSPS) is 24.2. The molecule has 5 heteroatoms. The quantitative estimate of drug-likeness (QED) is 0.794. The highest BCUT2D eigenvalue weighted by atomic mass is 16.5. The Balaban J connectivity index is 1.41. The zero-order valence-electron chi connectivity index (χ0n) is 16.4. The molecule has 1 aromatic carbocycles. The molecule has 4 rings (SSSR count). The summed E-state index contributed by atoms with van der Waals surface area (Å²) in [6.45, 7) is 5.74. The van der Waals surface area contributed by atoms with E-state index in [4.69, 9.17) is 4.74 Å². The Morgan fingerprint density at radius 1 is 1.22 bits per heavy atom. The molecule has 1 aromatic heterocycles. The molecule has 0 radical (unpaired) electrons. The molecule has 3 heterocycles. The van der Waals surface area contributed by atoms with Gasteiger partial charge in [0.05, 0.1) is 0 Å². The van der Waals surface area contributed by atoms with Crippen LogP contribution >= 0.6 is 0 Å². The number of benzene rings is 1. The molecule has 1 N–H and O–H groups in total. The summed E-state index contributed by atoms with van der Waals surface area (Å²) < 4.78 is 5.16. The fourth-order valence-electron chi connectivity index (χ4n) is 4.94. The molecule has 1 spiro atoms. The fraction of sp³-hybridized carbons (Fsp3) is 0.591. The van der Waals surface area contributed by atoms with E-state index < -0.39 is 0 Å². The van der Waals surface area contributed by atoms with E-state index in [1.807, 2.05) is 6.20 Å². The number of aromatic nitrogens is 1. The van der Waals surface area contributed by atoms with Crippen LogP contribution in [-0.2, 0) is 16.1 Å². The van der Waals surface area contributed by atoms with Crippen LogP contribution in [0.4, 0.5) is 0 Å². The van der Waals surface area contributed by atoms with E-state index in [1.54, 1.807) is 7.11 Å². The van der Waals surface area contributed by atoms with Crippen molar-refractivity contribution in [2.75, 3.05) is 39.9 Å². The monoisotopic (exact) mass is 369 g/mol. The largest absolute Gasteiger partial charge is 0.385 e. The third kappa shape index (κ3) is 4.19. The van der Waals surface area contributed by atoms with E-state index in [-0.39, 0.29) is 5.41 Å². The van der Waals surface area contributed by atoms with Gasteiger partial charge in [0.25, 0.3) is 0 Å². The van der Waals surface area contributed by atoms with Crippen molar-refractivity contribution in [1.82, 2.24) is 14.8 Å². The number of hydrogen-bond donors (Lipinski definition) is 1. The van der Waals surface area contributed by atoms with E-state index in [9.17, 15) is 4.79 Å². The molecule has 2 fully saturated rings. The summed E-state index contributed by atoms with van der Waals surface area (Å²) in [6, 6.07) is 8.86. The van der Waals surface area contributed by atoms with Gasteiger partial charge < -0.3 is 14.6 Å². The smallest absolute Gasteiger partial charge is 0.222 e. The van der Waals surface area contributed by atoms with Gasteiger partial charge in [-0.3, -0.25) is 9.69 Å². The number of carbonyl (C=O) groups is 1. The van der Waals surface area contributed by atoms with Gasteiger partial charge in [-0.15, -0.1) is 0 Å². The zero-order valence-corrected chi connectivity index (χ0v) is 16.4. The Morgan fingerprint density at radius 2 is 2.15 bits per heavy atom. The number of fused-ring (bicyclic) bond motifs is 1. The van der Waals surface area contributed by atoms with Crippen LogP contribution < -0.4 is 0 Å². The third-order valence-corrected chi connectivity index (χ3v) is 6.29. The number of piperidine rings is 2. The maximum absolute atomic E-state index is 12.4. The van der Waals surface area contributed by atoms with Crippen molar-refractivity contribution in [1.29, 1.82) is 0 Å². The molecule has 2 aliphatic heterocycles. The number of ether oxygens (including phenoxy) is 1. The van der Waals surface area contributed by atoms with Crippen LogP contribution in [0.5, 0.6) is 0 Å². The van der Waals surface area contributed by atoms with Crippen molar-refractivity contribution in [2.45, 2.75) is 38.6 Å². The van der Waals surface area contributed by atoms with E-state index >= 15 is 0 Å². The molecule has 1 amide bonds. The summed E-state index contributed by atoms with van der Waals surface area (Å²) in [5.74, 6) is 0.326. The molecule has 27 heavy (non-hydrogen) atoms. The SMILES string of the molecule is COCCCN1C[C@]2(CCCN(Cc3ccc4[nH]ccc4c3)C2)CCC1=O. The predicted molar refractivity (Wildman–Crippen MR) is 108 cm³/mol. The second-order valence-corrected chi connectivity index (χ2v) is 8.38. The zero-order chi connectivity index (χ0) is 18.7. The first-order valence-corrected chi connectivity index (χ1v) is 10.2. The van der Waals surface area contributed by atoms with Crippen LogP contribution in [0.15, 0.2) is 30.5 Å². The lowest BCUT2D eigenvalue weighted by molar-refractivity contribution is -0.139. The molecular weight excluding hydrogens is 338 g/mol. The molecule has 0 bridgehead atoms. The molecule has 5 nitrogen and oxygen atoms in total. The number of carbonyl (C=O) groups excluding carboxylic acids is 1. The Labute approximate surface area is 161 Å². The highest BCUT2D eigenvalue weighted by molar-refractivity contribution is 5.80. The Morgan fingerprint density at radius 3 is 3.04 bits per heavy atom. The van der Waals surface area contributed by atoms with E-state index in [2.05, 4.69) is 39.0 Å². The average molecular weight is 370 g/mol. The van der Waals surface area contributed by atoms with Crippen molar-refractivity contribution in [3.05, 3.63) is 36.0 Å². The Hall–Kier alpha value is -1.85. The van der Waals surface area contributed by atoms with Crippen LogP contribution in [0.3, 0.4) is 0 Å². The summed E-state index contributed by atoms with van der Waals surface area (Å²) >= 11 is 0. The highest BCUT2D eigenvalue weighted by Crippen LogP contribution is 2.39. The van der Waals surface area contributed by atoms with Crippen LogP contribution in [0.2, 0.25) is 0 Å². The maximum Gasteiger partial charge on any atom is 0.222 e. The molecule has 2 aromatic rings. The van der Waals surface area contributed by atoms with Crippen molar-refractivity contribution in [2.24, 2.45) is 5.41 Å². The molecule has 2 aliphatic rings. The minimum atomic E-state index is 0.275. The number of aromatic amines is 1. The average Bonchev–Trinajstić information content (AvgIpc) is 3.13. The van der Waals surface area contributed by atoms with E-state index in [1.165, 1.54) is 29.3 Å². The van der Waals surface area contributed by atoms with Gasteiger partial charge in [0.2, 0.25) is 5.91 Å². The van der Waals surface area contributed by atoms with Gasteiger partial charge >= 0.3 is 0 Å². The van der Waals surface area contributed by atoms with Crippen LogP contribution in [0.1, 0.15) is 37.7 Å². The summed E-state index contributed by atoms with van der Waals surface area (Å²) in [4.78, 5) is 20.3. The number of H-pyrrole nitrogens is 1. The minimum Gasteiger partial charge on any atom is -0.385 e. The number of hydrogen-bond acceptors (Lipinski definition) is 3. The lowest BCUT2D eigenvalue weighted by atomic mass is 9.73. The van der Waals surface area contributed by atoms with Gasteiger partial charge in [0, 0.05) is 63.4 Å². The fourth-order valence-corrected chi connectivity index (χ4v) is 4.94. The highest BCUT2D eigenvalue weighted by Gasteiger charge is 2.41. The summed E-state index contributed by atoms with van der Waals surface area (Å²) in [6.07, 6.45) is 7.15. The van der Waals surface area contributed by atoms with Crippen LogP contribution in [0, 0.1) is 5.41 Å². The number of rotatable bonds is 6. The van der Waals surface area contributed by atoms with Gasteiger partial charge in [-0.05, 0) is 61.4 Å². The Kier molecular flexibility index (Phi) is 5.50. The van der Waals surface area contributed by atoms with E-state index in [0.717, 1.165) is 52.2 Å². The minimum absolute atomic E-state index is 0.275. The van der Waals surface area contributed by atoms with Gasteiger partial charge in [-0.2, -0.15) is 0 Å². The van der Waals surface area contributed by atoms with Crippen LogP contribution in [-0.4, -0.2) is 60.6 Å². The number of likely N-dealkylation sites (tertiary alicyclic amines) is 2. The molecular formula is C22H31N3O2. The number of amides is 1. The van der Waals surface area contributed by atoms with Gasteiger partial charge in [0.1, 0.15) is 0 Å². The summed E-state index contributed by atoms with van der Waals surface area (Å²) in [5, 5.41) is 1.28. The van der Waals surface area contributed by atoms with Crippen molar-refractivity contribution < 1.29 is 9.53 Å². The summed E-state index contributed by atoms with van der Waals surface area (Å²) in [5.41, 5.74) is 2.85. The molecule has 0 unspecified atom stereocenters. The van der Waals surface area contributed by atoms with Crippen molar-refractivity contribution >= 4 is 16.8 Å². The maximum atomic E-state index is 12.4. The van der Waals surface area contributed by atoms with Gasteiger partial charge in [0.15, 0.2) is 0 Å². The number of nitrogens with one attached hydrogen (secondary N) is 1. The molecule has 146 valence electrons. The lowest BCUT2D eigenvalue weighted by Crippen LogP contribution is -2.54. The van der Waals surface area contributed by atoms with Gasteiger partial charge in [-0.25, -0.2) is 0 Å². The topological polar surface area (TPSA) is 48.6 Å². The first-order valence-electron chi connectivity index (χ1n) is 10.2. The standard InChI is InChI=1S/C22H31N3O2/c1-27-13-3-12-25-17-22(9-6-21(25)26)8-2-11-24(16-22)15-18-4-5-20-19(14-18)7-10-23-20/h4-5,7,10,14,23H,2-3,6,8-9,11-13,15-17H2,1H3/t22-/m1/s1. The second-order valence-electron chi connectivity index (χ2n) is 8.38. The Bertz CT molecular complexity index is 787. The van der Waals surface area contributed by atoms with Crippen molar-refractivity contribution in [3.63, 3.8) is 0 Å². The molecule has 0 aliphatic carbocycles. The first-order chi connectivity index (χ1) is 13.2. The molecule has 2 saturated heterocycles. The van der Waals surface area contributed by atoms with E-state index in [0.29, 0.717) is 12.3 Å². The van der Waals surface area contributed by atoms with Gasteiger partial charge in [-0.1, -0.05) is 6.07 Å². The molecule has 1 atom stereocenters. The first kappa shape index (κ1) is 18.5. The van der Waals surface area contributed by atoms with Crippen LogP contribution in [0.25, 0.3) is 10.9 Å². The lowest BCUT2D eigenvalue weighted by Gasteiger charge is -2.48. The third-order valence-electron chi connectivity index (χ3n) is 6.29. The number of methoxy groups -OCH3 is 1. The summed E-state index contributed by atoms with van der Waals surface area (Å²) in [7, 11) is 1.73.